The van der Waals surface area contributed by atoms with Crippen molar-refractivity contribution < 1.29 is 23.7 Å². The normalized spacial score (nSPS) is 10.5. The predicted molar refractivity (Wildman–Crippen MR) is 116 cm³/mol. The largest absolute Gasteiger partial charge is 0.493 e. The third kappa shape index (κ3) is 5.18. The van der Waals surface area contributed by atoms with E-state index in [1.165, 1.54) is 33.1 Å². The number of aromatic nitrogens is 4. The summed E-state index contributed by atoms with van der Waals surface area (Å²) in [6.45, 7) is 2.42. The van der Waals surface area contributed by atoms with E-state index in [0.29, 0.717) is 46.1 Å². The highest BCUT2D eigenvalue weighted by atomic mass is 32.2. The number of thioether (sulfide) groups is 1. The predicted octanol–water partition coefficient (Wildman–Crippen LogP) is 2.82. The topological polar surface area (TPSA) is 110 Å². The second kappa shape index (κ2) is 10.5. The molecule has 0 aliphatic rings. The van der Waals surface area contributed by atoms with Gasteiger partial charge in [-0.1, -0.05) is 23.9 Å². The van der Waals surface area contributed by atoms with Crippen LogP contribution in [-0.4, -0.2) is 59.8 Å². The van der Waals surface area contributed by atoms with Crippen molar-refractivity contribution in [3.05, 3.63) is 36.4 Å². The highest BCUT2D eigenvalue weighted by Crippen LogP contribution is 2.40. The number of amides is 1. The number of hydrogen-bond donors (Lipinski definition) is 1. The van der Waals surface area contributed by atoms with Gasteiger partial charge in [-0.25, -0.2) is 0 Å². The number of methoxy groups -OCH3 is 3. The van der Waals surface area contributed by atoms with Crippen LogP contribution >= 0.6 is 11.8 Å². The maximum Gasteiger partial charge on any atom is 0.234 e. The molecule has 31 heavy (non-hydrogen) atoms. The molecule has 1 N–H and O–H groups in total. The fourth-order valence-electron chi connectivity index (χ4n) is 2.81. The Morgan fingerprint density at radius 2 is 1.77 bits per heavy atom. The smallest absolute Gasteiger partial charge is 0.234 e. The van der Waals surface area contributed by atoms with Crippen LogP contribution < -0.4 is 24.3 Å². The Morgan fingerprint density at radius 3 is 2.42 bits per heavy atom. The molecule has 1 amide bonds. The summed E-state index contributed by atoms with van der Waals surface area (Å²) in [5, 5.41) is 15.1. The third-order valence-corrected chi connectivity index (χ3v) is 5.03. The second-order valence-corrected chi connectivity index (χ2v) is 6.97. The van der Waals surface area contributed by atoms with Crippen LogP contribution in [0, 0.1) is 0 Å². The van der Waals surface area contributed by atoms with Gasteiger partial charge in [0.25, 0.3) is 0 Å². The molecule has 0 spiro atoms. The Hall–Kier alpha value is -3.47. The molecular weight excluding hydrogens is 422 g/mol. The first-order chi connectivity index (χ1) is 15.1. The highest BCUT2D eigenvalue weighted by molar-refractivity contribution is 7.99. The Kier molecular flexibility index (Phi) is 7.55. The number of ether oxygens (including phenoxy) is 4. The molecule has 164 valence electrons. The van der Waals surface area contributed by atoms with Crippen molar-refractivity contribution in [2.45, 2.75) is 12.1 Å². The minimum atomic E-state index is -0.244. The molecule has 11 heteroatoms. The van der Waals surface area contributed by atoms with Crippen molar-refractivity contribution >= 4 is 23.4 Å². The summed E-state index contributed by atoms with van der Waals surface area (Å²) in [6.07, 6.45) is 0. The van der Waals surface area contributed by atoms with Gasteiger partial charge in [0.15, 0.2) is 11.5 Å². The van der Waals surface area contributed by atoms with Crippen LogP contribution in [0.25, 0.3) is 5.69 Å². The number of nitrogens with zero attached hydrogens (tertiary/aromatic N) is 4. The molecule has 1 aromatic heterocycles. The lowest BCUT2D eigenvalue weighted by Gasteiger charge is -2.14. The number of hydrogen-bond acceptors (Lipinski definition) is 9. The van der Waals surface area contributed by atoms with Gasteiger partial charge < -0.3 is 24.3 Å². The van der Waals surface area contributed by atoms with Gasteiger partial charge in [0, 0.05) is 17.8 Å². The molecule has 0 aliphatic heterocycles. The first-order valence-corrected chi connectivity index (χ1v) is 10.3. The van der Waals surface area contributed by atoms with E-state index in [0.717, 1.165) is 0 Å². The Morgan fingerprint density at radius 1 is 1.06 bits per heavy atom. The van der Waals surface area contributed by atoms with Crippen LogP contribution in [0.5, 0.6) is 23.0 Å². The van der Waals surface area contributed by atoms with Gasteiger partial charge >= 0.3 is 0 Å². The molecule has 3 rings (SSSR count). The number of para-hydroxylation sites is 2. The quantitative estimate of drug-likeness (QED) is 0.471. The number of carbonyl (C=O) groups excluding carboxylic acids is 1. The van der Waals surface area contributed by atoms with E-state index in [9.17, 15) is 4.79 Å². The minimum Gasteiger partial charge on any atom is -0.493 e. The highest BCUT2D eigenvalue weighted by Gasteiger charge is 2.17. The van der Waals surface area contributed by atoms with Crippen molar-refractivity contribution in [1.29, 1.82) is 0 Å². The molecule has 0 unspecified atom stereocenters. The first-order valence-electron chi connectivity index (χ1n) is 9.34. The second-order valence-electron chi connectivity index (χ2n) is 6.02. The number of benzene rings is 2. The molecule has 0 atom stereocenters. The van der Waals surface area contributed by atoms with Gasteiger partial charge in [-0.15, -0.1) is 5.10 Å². The van der Waals surface area contributed by atoms with Crippen LogP contribution in [0.1, 0.15) is 6.92 Å². The van der Waals surface area contributed by atoms with Crippen LogP contribution in [0.4, 0.5) is 5.69 Å². The van der Waals surface area contributed by atoms with Crippen LogP contribution in [0.3, 0.4) is 0 Å². The van der Waals surface area contributed by atoms with Crippen molar-refractivity contribution in [3.8, 4) is 28.7 Å². The van der Waals surface area contributed by atoms with Crippen molar-refractivity contribution in [1.82, 2.24) is 20.2 Å². The number of rotatable bonds is 10. The molecular formula is C20H23N5O5S. The molecule has 1 heterocycles. The number of nitrogens with one attached hydrogen (secondary N) is 1. The Balaban J connectivity index is 1.72. The monoisotopic (exact) mass is 445 g/mol. The summed E-state index contributed by atoms with van der Waals surface area (Å²) in [5.41, 5.74) is 1.21. The van der Waals surface area contributed by atoms with Gasteiger partial charge in [-0.3, -0.25) is 4.79 Å². The zero-order valence-electron chi connectivity index (χ0n) is 17.6. The van der Waals surface area contributed by atoms with Crippen LogP contribution in [-0.2, 0) is 4.79 Å². The summed E-state index contributed by atoms with van der Waals surface area (Å²) in [4.78, 5) is 12.5. The molecule has 3 aromatic rings. The molecule has 0 saturated carbocycles. The van der Waals surface area contributed by atoms with Gasteiger partial charge in [-0.05, 0) is 29.5 Å². The SMILES string of the molecule is CCOc1ccccc1-n1nnnc1SCC(=O)Nc1cc(OC)c(OC)c(OC)c1. The van der Waals surface area contributed by atoms with E-state index in [4.69, 9.17) is 18.9 Å². The molecule has 2 aromatic carbocycles. The molecule has 0 aliphatic carbocycles. The van der Waals surface area contributed by atoms with E-state index in [2.05, 4.69) is 20.8 Å². The van der Waals surface area contributed by atoms with Crippen LogP contribution in [0.15, 0.2) is 41.6 Å². The zero-order valence-corrected chi connectivity index (χ0v) is 18.4. The van der Waals surface area contributed by atoms with E-state index in [1.54, 1.807) is 16.8 Å². The number of tetrazole rings is 1. The minimum absolute atomic E-state index is 0.0911. The first kappa shape index (κ1) is 22.2. The maximum atomic E-state index is 12.5. The average Bonchev–Trinajstić information content (AvgIpc) is 3.26. The lowest BCUT2D eigenvalue weighted by Crippen LogP contribution is -2.15. The molecule has 0 radical (unpaired) electrons. The maximum absolute atomic E-state index is 12.5. The standard InChI is InChI=1S/C20H23N5O5S/c1-5-30-15-9-7-6-8-14(15)25-20(22-23-24-25)31-12-18(26)21-13-10-16(27-2)19(29-4)17(11-13)28-3/h6-11H,5,12H2,1-4H3,(H,21,26). The van der Waals surface area contributed by atoms with Crippen molar-refractivity contribution in [2.75, 3.05) is 39.0 Å². The molecule has 0 bridgehead atoms. The van der Waals surface area contributed by atoms with Gasteiger partial charge in [0.05, 0.1) is 33.7 Å². The fourth-order valence-corrected chi connectivity index (χ4v) is 3.49. The van der Waals surface area contributed by atoms with E-state index >= 15 is 0 Å². The van der Waals surface area contributed by atoms with E-state index < -0.39 is 0 Å². The lowest BCUT2D eigenvalue weighted by molar-refractivity contribution is -0.113. The van der Waals surface area contributed by atoms with Crippen molar-refractivity contribution in [3.63, 3.8) is 0 Å². The summed E-state index contributed by atoms with van der Waals surface area (Å²) in [6, 6.07) is 10.7. The van der Waals surface area contributed by atoms with Crippen molar-refractivity contribution in [2.24, 2.45) is 0 Å². The number of anilines is 1. The van der Waals surface area contributed by atoms with Gasteiger partial charge in [0.1, 0.15) is 11.4 Å². The molecule has 0 saturated heterocycles. The Bertz CT molecular complexity index is 1020. The molecule has 10 nitrogen and oxygen atoms in total. The fraction of sp³-hybridized carbons (Fsp3) is 0.300. The van der Waals surface area contributed by atoms with E-state index in [-0.39, 0.29) is 11.7 Å². The van der Waals surface area contributed by atoms with Gasteiger partial charge in [0.2, 0.25) is 16.8 Å². The van der Waals surface area contributed by atoms with Crippen LogP contribution in [0.2, 0.25) is 0 Å². The summed E-state index contributed by atoms with van der Waals surface area (Å²) in [7, 11) is 4.54. The zero-order chi connectivity index (χ0) is 22.2. The Labute approximate surface area is 183 Å². The number of carbonyl (C=O) groups is 1. The third-order valence-electron chi connectivity index (χ3n) is 4.12. The average molecular weight is 446 g/mol. The molecule has 0 fully saturated rings. The lowest BCUT2D eigenvalue weighted by atomic mass is 10.2. The van der Waals surface area contributed by atoms with Gasteiger partial charge in [-0.2, -0.15) is 4.68 Å². The summed E-state index contributed by atoms with van der Waals surface area (Å²) >= 11 is 1.20. The summed E-state index contributed by atoms with van der Waals surface area (Å²) < 4.78 is 23.1. The van der Waals surface area contributed by atoms with E-state index in [1.807, 2.05) is 31.2 Å². The summed E-state index contributed by atoms with van der Waals surface area (Å²) in [5.74, 6) is 1.84.